The van der Waals surface area contributed by atoms with Gasteiger partial charge in [0.1, 0.15) is 0 Å². The van der Waals surface area contributed by atoms with Crippen LogP contribution in [0, 0.1) is 5.92 Å². The minimum atomic E-state index is -0.0222. The number of aryl methyl sites for hydroxylation is 1. The molecule has 0 radical (unpaired) electrons. The van der Waals surface area contributed by atoms with Gasteiger partial charge < -0.3 is 9.47 Å². The largest absolute Gasteiger partial charge is 0.336 e. The van der Waals surface area contributed by atoms with E-state index in [0.717, 1.165) is 55.2 Å². The molecule has 5 rings (SSSR count). The molecule has 1 saturated heterocycles. The highest BCUT2D eigenvalue weighted by Crippen LogP contribution is 2.30. The van der Waals surface area contributed by atoms with Crippen molar-refractivity contribution < 1.29 is 4.79 Å². The van der Waals surface area contributed by atoms with Crippen LogP contribution in [0.25, 0.3) is 10.9 Å². The van der Waals surface area contributed by atoms with Crippen molar-refractivity contribution >= 4 is 16.8 Å². The van der Waals surface area contributed by atoms with Crippen molar-refractivity contribution in [3.05, 3.63) is 76.3 Å². The van der Waals surface area contributed by atoms with Gasteiger partial charge in [-0.15, -0.1) is 0 Å². The number of benzene rings is 1. The number of hydrogen-bond donors (Lipinski definition) is 0. The Morgan fingerprint density at radius 3 is 2.53 bits per heavy atom. The van der Waals surface area contributed by atoms with Crippen molar-refractivity contribution in [2.45, 2.75) is 64.0 Å². The van der Waals surface area contributed by atoms with Crippen molar-refractivity contribution in [2.75, 3.05) is 19.6 Å². The summed E-state index contributed by atoms with van der Waals surface area (Å²) in [4.78, 5) is 36.3. The van der Waals surface area contributed by atoms with Crippen molar-refractivity contribution in [3.63, 3.8) is 0 Å². The maximum absolute atomic E-state index is 14.0. The van der Waals surface area contributed by atoms with Crippen LogP contribution >= 0.6 is 0 Å². The maximum atomic E-state index is 14.0. The molecule has 2 aromatic heterocycles. The van der Waals surface area contributed by atoms with Gasteiger partial charge in [0, 0.05) is 37.5 Å². The number of nitrogens with zero attached hydrogens (tertiary/aromatic N) is 4. The first kappa shape index (κ1) is 24.7. The first-order valence-corrected chi connectivity index (χ1v) is 13.6. The van der Waals surface area contributed by atoms with Crippen LogP contribution in [0.1, 0.15) is 68.5 Å². The highest BCUT2D eigenvalue weighted by atomic mass is 16.2. The standard InChI is InChI=1S/C30H38N4O2/c1-32-27-15-7-6-13-24(27)19-26(29(32)35)21-34(30(36)23-11-4-2-5-12-23)22-28(25-14-10-16-31-20-25)33-17-8-3-9-18-33/h6-7,10,13-16,19-20,23,28H,2-5,8-9,11-12,17-18,21-22H2,1H3. The lowest BCUT2D eigenvalue weighted by atomic mass is 9.88. The zero-order valence-corrected chi connectivity index (χ0v) is 21.4. The molecule has 1 aliphatic heterocycles. The molecule has 6 heteroatoms. The van der Waals surface area contributed by atoms with E-state index in [1.807, 2.05) is 54.5 Å². The summed E-state index contributed by atoms with van der Waals surface area (Å²) in [5.41, 5.74) is 2.72. The second-order valence-electron chi connectivity index (χ2n) is 10.5. The van der Waals surface area contributed by atoms with E-state index in [2.05, 4.69) is 16.0 Å². The Morgan fingerprint density at radius 2 is 1.78 bits per heavy atom. The van der Waals surface area contributed by atoms with Gasteiger partial charge in [-0.25, -0.2) is 0 Å². The first-order chi connectivity index (χ1) is 17.6. The van der Waals surface area contributed by atoms with Gasteiger partial charge in [0.05, 0.1) is 18.1 Å². The van der Waals surface area contributed by atoms with Crippen molar-refractivity contribution in [2.24, 2.45) is 13.0 Å². The van der Waals surface area contributed by atoms with E-state index < -0.39 is 0 Å². The quantitative estimate of drug-likeness (QED) is 0.468. The normalized spacial score (nSPS) is 18.2. The number of amides is 1. The molecule has 1 amide bonds. The Morgan fingerprint density at radius 1 is 1.03 bits per heavy atom. The third-order valence-corrected chi connectivity index (χ3v) is 8.13. The molecule has 1 unspecified atom stereocenters. The fourth-order valence-electron chi connectivity index (χ4n) is 6.09. The number of pyridine rings is 2. The van der Waals surface area contributed by atoms with E-state index in [1.54, 1.807) is 10.8 Å². The van der Waals surface area contributed by atoms with Gasteiger partial charge in [0.25, 0.3) is 5.56 Å². The Labute approximate surface area is 213 Å². The third-order valence-electron chi connectivity index (χ3n) is 8.13. The third kappa shape index (κ3) is 5.39. The first-order valence-electron chi connectivity index (χ1n) is 13.6. The van der Waals surface area contributed by atoms with Crippen molar-refractivity contribution in [1.82, 2.24) is 19.4 Å². The SMILES string of the molecule is Cn1c(=O)c(CN(CC(c2cccnc2)N2CCCCC2)C(=O)C2CCCCC2)cc2ccccc21. The van der Waals surface area contributed by atoms with Crippen LogP contribution in [0.15, 0.2) is 59.7 Å². The average Bonchev–Trinajstić information content (AvgIpc) is 2.94. The number of carbonyl (C=O) groups is 1. The molecule has 0 N–H and O–H groups in total. The number of rotatable bonds is 7. The predicted molar refractivity (Wildman–Crippen MR) is 144 cm³/mol. The lowest BCUT2D eigenvalue weighted by Gasteiger charge is -2.39. The molecule has 3 aromatic rings. The summed E-state index contributed by atoms with van der Waals surface area (Å²) in [5.74, 6) is 0.259. The van der Waals surface area contributed by atoms with Gasteiger partial charge in [0.15, 0.2) is 0 Å². The Bertz CT molecular complexity index is 1230. The van der Waals surface area contributed by atoms with Crippen LogP contribution in [-0.2, 0) is 18.4 Å². The molecule has 2 fully saturated rings. The number of likely N-dealkylation sites (tertiary alicyclic amines) is 1. The molecule has 1 aliphatic carbocycles. The summed E-state index contributed by atoms with van der Waals surface area (Å²) in [7, 11) is 1.83. The highest BCUT2D eigenvalue weighted by molar-refractivity contribution is 5.81. The van der Waals surface area contributed by atoms with E-state index in [0.29, 0.717) is 18.7 Å². The van der Waals surface area contributed by atoms with E-state index >= 15 is 0 Å². The van der Waals surface area contributed by atoms with Crippen LogP contribution in [0.5, 0.6) is 0 Å². The van der Waals surface area contributed by atoms with Crippen LogP contribution in [-0.4, -0.2) is 44.9 Å². The molecule has 6 nitrogen and oxygen atoms in total. The number of carbonyl (C=O) groups excluding carboxylic acids is 1. The summed E-state index contributed by atoms with van der Waals surface area (Å²) < 4.78 is 1.72. The molecular weight excluding hydrogens is 448 g/mol. The summed E-state index contributed by atoms with van der Waals surface area (Å²) in [6, 6.07) is 14.1. The minimum Gasteiger partial charge on any atom is -0.336 e. The number of para-hydroxylation sites is 1. The topological polar surface area (TPSA) is 58.4 Å². The highest BCUT2D eigenvalue weighted by Gasteiger charge is 2.31. The maximum Gasteiger partial charge on any atom is 0.255 e. The number of hydrogen-bond acceptors (Lipinski definition) is 4. The van der Waals surface area contributed by atoms with Gasteiger partial charge in [-0.1, -0.05) is 49.9 Å². The molecule has 3 heterocycles. The summed E-state index contributed by atoms with van der Waals surface area (Å²) in [5, 5.41) is 1.03. The van der Waals surface area contributed by atoms with E-state index in [9.17, 15) is 9.59 Å². The second-order valence-corrected chi connectivity index (χ2v) is 10.5. The Hall–Kier alpha value is -2.99. The molecular formula is C30H38N4O2. The molecule has 1 atom stereocenters. The Kier molecular flexibility index (Phi) is 7.81. The zero-order valence-electron chi connectivity index (χ0n) is 21.4. The average molecular weight is 487 g/mol. The summed E-state index contributed by atoms with van der Waals surface area (Å²) in [6.07, 6.45) is 12.7. The molecule has 0 bridgehead atoms. The van der Waals surface area contributed by atoms with Gasteiger partial charge in [-0.3, -0.25) is 19.5 Å². The lowest BCUT2D eigenvalue weighted by molar-refractivity contribution is -0.138. The molecule has 36 heavy (non-hydrogen) atoms. The van der Waals surface area contributed by atoms with Gasteiger partial charge in [-0.05, 0) is 67.9 Å². The summed E-state index contributed by atoms with van der Waals surface area (Å²) >= 11 is 0. The molecule has 2 aliphatic rings. The van der Waals surface area contributed by atoms with Crippen molar-refractivity contribution in [3.8, 4) is 0 Å². The smallest absolute Gasteiger partial charge is 0.255 e. The summed E-state index contributed by atoms with van der Waals surface area (Å²) in [6.45, 7) is 2.99. The number of fused-ring (bicyclic) bond motifs is 1. The van der Waals surface area contributed by atoms with Crippen LogP contribution in [0.2, 0.25) is 0 Å². The van der Waals surface area contributed by atoms with Gasteiger partial charge in [0.2, 0.25) is 5.91 Å². The fraction of sp³-hybridized carbons (Fsp3) is 0.500. The zero-order chi connectivity index (χ0) is 24.9. The number of aromatic nitrogens is 2. The van der Waals surface area contributed by atoms with Crippen LogP contribution < -0.4 is 5.56 Å². The second kappa shape index (κ2) is 11.4. The van der Waals surface area contributed by atoms with E-state index in [4.69, 9.17) is 0 Å². The van der Waals surface area contributed by atoms with Crippen LogP contribution in [0.3, 0.4) is 0 Å². The lowest BCUT2D eigenvalue weighted by Crippen LogP contribution is -2.45. The van der Waals surface area contributed by atoms with Gasteiger partial charge in [-0.2, -0.15) is 0 Å². The predicted octanol–water partition coefficient (Wildman–Crippen LogP) is 5.07. The Balaban J connectivity index is 1.50. The minimum absolute atomic E-state index is 0.0222. The molecule has 1 aromatic carbocycles. The van der Waals surface area contributed by atoms with E-state index in [-0.39, 0.29) is 23.4 Å². The monoisotopic (exact) mass is 486 g/mol. The fourth-order valence-corrected chi connectivity index (χ4v) is 6.09. The molecule has 1 saturated carbocycles. The van der Waals surface area contributed by atoms with Crippen molar-refractivity contribution in [1.29, 1.82) is 0 Å². The number of piperidine rings is 1. The van der Waals surface area contributed by atoms with Gasteiger partial charge >= 0.3 is 0 Å². The molecule has 190 valence electrons. The molecule has 0 spiro atoms. The van der Waals surface area contributed by atoms with Crippen LogP contribution in [0.4, 0.5) is 0 Å². The van der Waals surface area contributed by atoms with E-state index in [1.165, 1.54) is 25.7 Å².